The fourth-order valence-corrected chi connectivity index (χ4v) is 2.17. The zero-order chi connectivity index (χ0) is 12.0. The van der Waals surface area contributed by atoms with Gasteiger partial charge in [0.05, 0.1) is 0 Å². The molecule has 0 aliphatic carbocycles. The van der Waals surface area contributed by atoms with E-state index in [9.17, 15) is 4.39 Å². The van der Waals surface area contributed by atoms with Crippen molar-refractivity contribution in [2.75, 3.05) is 6.54 Å². The SMILES string of the molecule is C#CCC(NCCC)c1c(F)cccc1Br. The highest BCUT2D eigenvalue weighted by Gasteiger charge is 2.16. The molecule has 0 radical (unpaired) electrons. The summed E-state index contributed by atoms with van der Waals surface area (Å²) >= 11 is 3.36. The fraction of sp³-hybridized carbons (Fsp3) is 0.385. The number of rotatable bonds is 5. The number of nitrogens with one attached hydrogen (secondary N) is 1. The Morgan fingerprint density at radius 3 is 2.88 bits per heavy atom. The van der Waals surface area contributed by atoms with Crippen LogP contribution in [0.4, 0.5) is 4.39 Å². The normalized spacial score (nSPS) is 12.1. The summed E-state index contributed by atoms with van der Waals surface area (Å²) in [5, 5.41) is 3.26. The standard InChI is InChI=1S/C13H15BrFN/c1-3-6-12(16-9-4-2)13-10(14)7-5-8-11(13)15/h1,5,7-8,12,16H,4,6,9H2,2H3. The number of terminal acetylenes is 1. The van der Waals surface area contributed by atoms with Crippen molar-refractivity contribution in [3.63, 3.8) is 0 Å². The maximum atomic E-state index is 13.7. The Morgan fingerprint density at radius 2 is 2.31 bits per heavy atom. The van der Waals surface area contributed by atoms with E-state index in [1.54, 1.807) is 6.07 Å². The maximum Gasteiger partial charge on any atom is 0.129 e. The molecular formula is C13H15BrFN. The van der Waals surface area contributed by atoms with Crippen molar-refractivity contribution < 1.29 is 4.39 Å². The summed E-state index contributed by atoms with van der Waals surface area (Å²) in [6.07, 6.45) is 6.79. The van der Waals surface area contributed by atoms with E-state index in [2.05, 4.69) is 34.1 Å². The summed E-state index contributed by atoms with van der Waals surface area (Å²) in [5.41, 5.74) is 0.619. The molecule has 16 heavy (non-hydrogen) atoms. The van der Waals surface area contributed by atoms with Gasteiger partial charge in [-0.05, 0) is 25.1 Å². The van der Waals surface area contributed by atoms with E-state index < -0.39 is 0 Å². The second kappa shape index (κ2) is 6.67. The van der Waals surface area contributed by atoms with Crippen molar-refractivity contribution in [2.24, 2.45) is 0 Å². The lowest BCUT2D eigenvalue weighted by Crippen LogP contribution is -2.23. The summed E-state index contributed by atoms with van der Waals surface area (Å²) in [7, 11) is 0. The minimum absolute atomic E-state index is 0.125. The van der Waals surface area contributed by atoms with Crippen LogP contribution in [0.2, 0.25) is 0 Å². The molecule has 1 nitrogen and oxygen atoms in total. The molecule has 0 amide bonds. The van der Waals surface area contributed by atoms with E-state index in [-0.39, 0.29) is 11.9 Å². The first-order valence-electron chi connectivity index (χ1n) is 5.31. The minimum atomic E-state index is -0.224. The van der Waals surface area contributed by atoms with Crippen molar-refractivity contribution in [1.82, 2.24) is 5.32 Å². The second-order valence-corrected chi connectivity index (χ2v) is 4.40. The van der Waals surface area contributed by atoms with Gasteiger partial charge in [-0.1, -0.05) is 28.9 Å². The third-order valence-corrected chi connectivity index (χ3v) is 3.00. The molecule has 0 spiro atoms. The lowest BCUT2D eigenvalue weighted by Gasteiger charge is -2.18. The van der Waals surface area contributed by atoms with Gasteiger partial charge >= 0.3 is 0 Å². The van der Waals surface area contributed by atoms with Crippen LogP contribution >= 0.6 is 15.9 Å². The number of benzene rings is 1. The average molecular weight is 284 g/mol. The predicted octanol–water partition coefficient (Wildman–Crippen LogP) is 3.65. The zero-order valence-electron chi connectivity index (χ0n) is 9.26. The van der Waals surface area contributed by atoms with Crippen LogP contribution in [-0.2, 0) is 0 Å². The van der Waals surface area contributed by atoms with Crippen LogP contribution in [0.1, 0.15) is 31.4 Å². The molecule has 3 heteroatoms. The lowest BCUT2D eigenvalue weighted by molar-refractivity contribution is 0.505. The molecule has 0 fully saturated rings. The molecule has 0 bridgehead atoms. The van der Waals surface area contributed by atoms with Gasteiger partial charge in [0.1, 0.15) is 5.82 Å². The highest BCUT2D eigenvalue weighted by atomic mass is 79.9. The first kappa shape index (κ1) is 13.2. The van der Waals surface area contributed by atoms with Crippen LogP contribution in [0.25, 0.3) is 0 Å². The monoisotopic (exact) mass is 283 g/mol. The van der Waals surface area contributed by atoms with E-state index >= 15 is 0 Å². The highest BCUT2D eigenvalue weighted by Crippen LogP contribution is 2.28. The van der Waals surface area contributed by atoms with Crippen LogP contribution in [0.3, 0.4) is 0 Å². The largest absolute Gasteiger partial charge is 0.309 e. The van der Waals surface area contributed by atoms with E-state index in [0.717, 1.165) is 17.4 Å². The van der Waals surface area contributed by atoms with Crippen LogP contribution in [0, 0.1) is 18.2 Å². The van der Waals surface area contributed by atoms with E-state index in [4.69, 9.17) is 6.42 Å². The Labute approximate surface area is 105 Å². The third-order valence-electron chi connectivity index (χ3n) is 2.31. The molecule has 86 valence electrons. The summed E-state index contributed by atoms with van der Waals surface area (Å²) in [4.78, 5) is 0. The van der Waals surface area contributed by atoms with Gasteiger partial charge in [0.2, 0.25) is 0 Å². The van der Waals surface area contributed by atoms with Gasteiger partial charge in [-0.2, -0.15) is 0 Å². The summed E-state index contributed by atoms with van der Waals surface area (Å²) in [6.45, 7) is 2.89. The van der Waals surface area contributed by atoms with Crippen LogP contribution in [-0.4, -0.2) is 6.54 Å². The van der Waals surface area contributed by atoms with Crippen molar-refractivity contribution in [2.45, 2.75) is 25.8 Å². The second-order valence-electron chi connectivity index (χ2n) is 3.55. The number of hydrogen-bond donors (Lipinski definition) is 1. The first-order chi connectivity index (χ1) is 7.70. The van der Waals surface area contributed by atoms with Gasteiger partial charge in [0.25, 0.3) is 0 Å². The Hall–Kier alpha value is -0.850. The van der Waals surface area contributed by atoms with Gasteiger partial charge in [-0.25, -0.2) is 4.39 Å². The molecule has 0 aromatic heterocycles. The predicted molar refractivity (Wildman–Crippen MR) is 68.6 cm³/mol. The topological polar surface area (TPSA) is 12.0 Å². The molecular weight excluding hydrogens is 269 g/mol. The molecule has 0 saturated heterocycles. The molecule has 0 aliphatic rings. The van der Waals surface area contributed by atoms with Gasteiger partial charge in [0.15, 0.2) is 0 Å². The van der Waals surface area contributed by atoms with Gasteiger partial charge in [0, 0.05) is 22.5 Å². The van der Waals surface area contributed by atoms with E-state index in [0.29, 0.717) is 12.0 Å². The van der Waals surface area contributed by atoms with Crippen LogP contribution in [0.15, 0.2) is 22.7 Å². The molecule has 1 N–H and O–H groups in total. The Morgan fingerprint density at radius 1 is 1.56 bits per heavy atom. The number of hydrogen-bond acceptors (Lipinski definition) is 1. The molecule has 1 rings (SSSR count). The van der Waals surface area contributed by atoms with Crippen molar-refractivity contribution >= 4 is 15.9 Å². The molecule has 1 unspecified atom stereocenters. The van der Waals surface area contributed by atoms with Crippen LogP contribution < -0.4 is 5.32 Å². The van der Waals surface area contributed by atoms with Crippen molar-refractivity contribution in [3.8, 4) is 12.3 Å². The van der Waals surface area contributed by atoms with Crippen molar-refractivity contribution in [3.05, 3.63) is 34.1 Å². The Kier molecular flexibility index (Phi) is 5.51. The van der Waals surface area contributed by atoms with Gasteiger partial charge < -0.3 is 5.32 Å². The minimum Gasteiger partial charge on any atom is -0.309 e. The van der Waals surface area contributed by atoms with Crippen LogP contribution in [0.5, 0.6) is 0 Å². The Bertz CT molecular complexity index is 364. The average Bonchev–Trinajstić information content (AvgIpc) is 2.25. The maximum absolute atomic E-state index is 13.7. The molecule has 0 heterocycles. The third kappa shape index (κ3) is 3.33. The quantitative estimate of drug-likeness (QED) is 0.814. The summed E-state index contributed by atoms with van der Waals surface area (Å²) in [6, 6.07) is 4.84. The number of halogens is 2. The van der Waals surface area contributed by atoms with E-state index in [1.807, 2.05) is 6.07 Å². The Balaban J connectivity index is 2.96. The molecule has 1 aromatic rings. The first-order valence-corrected chi connectivity index (χ1v) is 6.10. The van der Waals surface area contributed by atoms with E-state index in [1.165, 1.54) is 6.07 Å². The summed E-state index contributed by atoms with van der Waals surface area (Å²) < 4.78 is 14.5. The molecule has 1 atom stereocenters. The lowest BCUT2D eigenvalue weighted by atomic mass is 10.0. The molecule has 1 aromatic carbocycles. The smallest absolute Gasteiger partial charge is 0.129 e. The van der Waals surface area contributed by atoms with Gasteiger partial charge in [-0.3, -0.25) is 0 Å². The fourth-order valence-electron chi connectivity index (χ4n) is 1.56. The van der Waals surface area contributed by atoms with Crippen molar-refractivity contribution in [1.29, 1.82) is 0 Å². The molecule has 0 aliphatic heterocycles. The summed E-state index contributed by atoms with van der Waals surface area (Å²) in [5.74, 6) is 2.36. The highest BCUT2D eigenvalue weighted by molar-refractivity contribution is 9.10. The van der Waals surface area contributed by atoms with Gasteiger partial charge in [-0.15, -0.1) is 12.3 Å². The zero-order valence-corrected chi connectivity index (χ0v) is 10.8. The molecule has 0 saturated carbocycles.